The van der Waals surface area contributed by atoms with Gasteiger partial charge in [0, 0.05) is 17.5 Å². The van der Waals surface area contributed by atoms with Crippen LogP contribution >= 0.6 is 11.3 Å². The smallest absolute Gasteiger partial charge is 0.264 e. The number of rotatable bonds is 3. The van der Waals surface area contributed by atoms with E-state index in [1.165, 1.54) is 23.3 Å². The van der Waals surface area contributed by atoms with E-state index in [1.54, 1.807) is 16.2 Å². The maximum atomic E-state index is 12.7. The van der Waals surface area contributed by atoms with E-state index in [-0.39, 0.29) is 23.5 Å². The van der Waals surface area contributed by atoms with Gasteiger partial charge in [0.05, 0.1) is 16.4 Å². The fraction of sp³-hybridized carbons (Fsp3) is 0.667. The monoisotopic (exact) mass is 327 g/mol. The van der Waals surface area contributed by atoms with Crippen LogP contribution in [0.5, 0.6) is 0 Å². The van der Waals surface area contributed by atoms with Crippen molar-refractivity contribution in [1.82, 2.24) is 4.90 Å². The molecule has 2 heterocycles. The van der Waals surface area contributed by atoms with Crippen molar-refractivity contribution in [2.24, 2.45) is 0 Å². The average Bonchev–Trinajstić information content (AvgIpc) is 3.02. The van der Waals surface area contributed by atoms with Crippen molar-refractivity contribution in [1.29, 1.82) is 0 Å². The van der Waals surface area contributed by atoms with Crippen LogP contribution in [0.4, 0.5) is 0 Å². The molecule has 1 aromatic rings. The van der Waals surface area contributed by atoms with E-state index in [0.29, 0.717) is 13.0 Å². The topological polar surface area (TPSA) is 54.5 Å². The second-order valence-corrected chi connectivity index (χ2v) is 9.28. The number of amides is 1. The highest BCUT2D eigenvalue weighted by Crippen LogP contribution is 2.31. The summed E-state index contributed by atoms with van der Waals surface area (Å²) in [7, 11) is -2.96. The van der Waals surface area contributed by atoms with Crippen LogP contribution in [-0.2, 0) is 22.7 Å². The van der Waals surface area contributed by atoms with Crippen molar-refractivity contribution < 1.29 is 13.2 Å². The third kappa shape index (κ3) is 3.01. The van der Waals surface area contributed by atoms with Gasteiger partial charge in [0.25, 0.3) is 5.91 Å². The lowest BCUT2D eigenvalue weighted by molar-refractivity contribution is 0.0713. The summed E-state index contributed by atoms with van der Waals surface area (Å²) in [5, 5.41) is 0. The van der Waals surface area contributed by atoms with Crippen LogP contribution in [0.2, 0.25) is 0 Å². The lowest BCUT2D eigenvalue weighted by atomic mass is 9.99. The van der Waals surface area contributed by atoms with Crippen LogP contribution in [0.1, 0.15) is 46.3 Å². The first kappa shape index (κ1) is 15.0. The molecule has 1 fully saturated rings. The number of sulfone groups is 1. The molecular weight excluding hydrogens is 306 g/mol. The van der Waals surface area contributed by atoms with E-state index in [2.05, 4.69) is 0 Å². The van der Waals surface area contributed by atoms with E-state index >= 15 is 0 Å². The van der Waals surface area contributed by atoms with E-state index in [1.807, 2.05) is 13.0 Å². The molecule has 0 spiro atoms. The number of nitrogens with zero attached hydrogens (tertiary/aromatic N) is 1. The van der Waals surface area contributed by atoms with Crippen LogP contribution in [0.15, 0.2) is 6.07 Å². The van der Waals surface area contributed by atoms with Gasteiger partial charge in [0.1, 0.15) is 0 Å². The number of carbonyl (C=O) groups is 1. The highest BCUT2D eigenvalue weighted by Gasteiger charge is 2.34. The first-order valence-corrected chi connectivity index (χ1v) is 10.3. The van der Waals surface area contributed by atoms with Crippen LogP contribution in [-0.4, -0.2) is 43.3 Å². The first-order valence-electron chi connectivity index (χ1n) is 7.63. The van der Waals surface area contributed by atoms with Crippen molar-refractivity contribution in [2.45, 2.75) is 45.1 Å². The van der Waals surface area contributed by atoms with Gasteiger partial charge in [-0.1, -0.05) is 0 Å². The van der Waals surface area contributed by atoms with Crippen molar-refractivity contribution in [3.63, 3.8) is 0 Å². The van der Waals surface area contributed by atoms with E-state index in [4.69, 9.17) is 0 Å². The molecule has 0 radical (unpaired) electrons. The van der Waals surface area contributed by atoms with E-state index in [0.717, 1.165) is 17.7 Å². The Hall–Kier alpha value is -0.880. The first-order chi connectivity index (χ1) is 10.00. The molecule has 1 amide bonds. The fourth-order valence-electron chi connectivity index (χ4n) is 3.33. The zero-order valence-electron chi connectivity index (χ0n) is 12.3. The van der Waals surface area contributed by atoms with Crippen molar-refractivity contribution in [3.05, 3.63) is 21.4 Å². The van der Waals surface area contributed by atoms with Gasteiger partial charge in [0.15, 0.2) is 9.84 Å². The molecule has 21 heavy (non-hydrogen) atoms. The number of fused-ring (bicyclic) bond motifs is 1. The summed E-state index contributed by atoms with van der Waals surface area (Å²) in [4.78, 5) is 16.6. The third-order valence-corrected chi connectivity index (χ3v) is 7.43. The molecule has 0 saturated carbocycles. The Labute approximate surface area is 130 Å². The van der Waals surface area contributed by atoms with E-state index in [9.17, 15) is 13.2 Å². The van der Waals surface area contributed by atoms with Gasteiger partial charge in [0.2, 0.25) is 0 Å². The quantitative estimate of drug-likeness (QED) is 0.856. The Morgan fingerprint density at radius 3 is 2.76 bits per heavy atom. The summed E-state index contributed by atoms with van der Waals surface area (Å²) in [6, 6.07) is 1.89. The Balaban J connectivity index is 1.81. The molecule has 1 saturated heterocycles. The minimum Gasteiger partial charge on any atom is -0.334 e. The second kappa shape index (κ2) is 5.72. The number of aryl methyl sites for hydroxylation is 2. The molecule has 1 aliphatic heterocycles. The molecule has 1 aromatic heterocycles. The normalized spacial score (nSPS) is 23.8. The fourth-order valence-corrected chi connectivity index (χ4v) is 6.27. The number of carbonyl (C=O) groups excluding carboxylic acids is 1. The maximum Gasteiger partial charge on any atom is 0.264 e. The molecule has 0 N–H and O–H groups in total. The minimum atomic E-state index is -2.96. The summed E-state index contributed by atoms with van der Waals surface area (Å²) >= 11 is 1.61. The van der Waals surface area contributed by atoms with Crippen LogP contribution in [0, 0.1) is 0 Å². The average molecular weight is 327 g/mol. The predicted molar refractivity (Wildman–Crippen MR) is 84.7 cm³/mol. The van der Waals surface area contributed by atoms with Crippen molar-refractivity contribution in [2.75, 3.05) is 18.1 Å². The van der Waals surface area contributed by atoms with Gasteiger partial charge >= 0.3 is 0 Å². The van der Waals surface area contributed by atoms with Gasteiger partial charge in [-0.3, -0.25) is 4.79 Å². The zero-order valence-corrected chi connectivity index (χ0v) is 13.9. The number of hydrogen-bond donors (Lipinski definition) is 0. The highest BCUT2D eigenvalue weighted by atomic mass is 32.2. The van der Waals surface area contributed by atoms with Gasteiger partial charge in [-0.25, -0.2) is 8.42 Å². The Kier molecular flexibility index (Phi) is 4.10. The van der Waals surface area contributed by atoms with Crippen LogP contribution < -0.4 is 0 Å². The van der Waals surface area contributed by atoms with E-state index < -0.39 is 9.84 Å². The predicted octanol–water partition coefficient (Wildman–Crippen LogP) is 2.28. The molecule has 1 aliphatic carbocycles. The molecule has 3 rings (SSSR count). The largest absolute Gasteiger partial charge is 0.334 e. The van der Waals surface area contributed by atoms with Gasteiger partial charge in [-0.2, -0.15) is 0 Å². The summed E-state index contributed by atoms with van der Waals surface area (Å²) in [5.74, 6) is 0.346. The number of thiophene rings is 1. The maximum absolute atomic E-state index is 12.7. The van der Waals surface area contributed by atoms with Crippen LogP contribution in [0.25, 0.3) is 0 Å². The van der Waals surface area contributed by atoms with Crippen molar-refractivity contribution in [3.8, 4) is 0 Å². The molecule has 116 valence electrons. The third-order valence-electron chi connectivity index (χ3n) is 4.46. The molecule has 4 nitrogen and oxygen atoms in total. The minimum absolute atomic E-state index is 0.0130. The molecule has 0 bridgehead atoms. The summed E-state index contributed by atoms with van der Waals surface area (Å²) < 4.78 is 23.3. The SMILES string of the molecule is CCN(C(=O)c1cc2c(s1)CCCC2)C1CCS(=O)(=O)C1. The second-order valence-electron chi connectivity index (χ2n) is 5.91. The lowest BCUT2D eigenvalue weighted by Crippen LogP contribution is -2.40. The van der Waals surface area contributed by atoms with Gasteiger partial charge in [-0.15, -0.1) is 11.3 Å². The molecule has 0 aromatic carbocycles. The zero-order chi connectivity index (χ0) is 15.0. The number of hydrogen-bond acceptors (Lipinski definition) is 4. The molecule has 1 atom stereocenters. The molecule has 1 unspecified atom stereocenters. The Morgan fingerprint density at radius 2 is 2.14 bits per heavy atom. The lowest BCUT2D eigenvalue weighted by Gasteiger charge is -2.26. The standard InChI is InChI=1S/C15H21NO3S2/c1-2-16(12-7-8-21(18,19)10-12)15(17)14-9-11-5-3-4-6-13(11)20-14/h9,12H,2-8,10H2,1H3. The highest BCUT2D eigenvalue weighted by molar-refractivity contribution is 7.91. The van der Waals surface area contributed by atoms with Crippen molar-refractivity contribution >= 4 is 27.1 Å². The Bertz CT molecular complexity index is 624. The van der Waals surface area contributed by atoms with Gasteiger partial charge < -0.3 is 4.90 Å². The summed E-state index contributed by atoms with van der Waals surface area (Å²) in [5.41, 5.74) is 1.32. The molecular formula is C15H21NO3S2. The Morgan fingerprint density at radius 1 is 1.38 bits per heavy atom. The van der Waals surface area contributed by atoms with Crippen LogP contribution in [0.3, 0.4) is 0 Å². The summed E-state index contributed by atoms with van der Waals surface area (Å²) in [6.07, 6.45) is 5.14. The summed E-state index contributed by atoms with van der Waals surface area (Å²) in [6.45, 7) is 2.50. The van der Waals surface area contributed by atoms with Gasteiger partial charge in [-0.05, 0) is 50.7 Å². The molecule has 2 aliphatic rings. The molecule has 6 heteroatoms.